The summed E-state index contributed by atoms with van der Waals surface area (Å²) in [6, 6.07) is 3.12. The van der Waals surface area contributed by atoms with E-state index in [0.717, 1.165) is 29.2 Å². The third-order valence-electron chi connectivity index (χ3n) is 3.82. The van der Waals surface area contributed by atoms with E-state index in [1.54, 1.807) is 0 Å². The summed E-state index contributed by atoms with van der Waals surface area (Å²) < 4.78 is 82.7. The van der Waals surface area contributed by atoms with Crippen LogP contribution in [0.2, 0.25) is 0 Å². The third kappa shape index (κ3) is 5.68. The number of nitrogens with zero attached hydrogens (tertiary/aromatic N) is 1. The Morgan fingerprint density at radius 3 is 2.27 bits per heavy atom. The highest BCUT2D eigenvalue weighted by molar-refractivity contribution is 5.66. The fourth-order valence-corrected chi connectivity index (χ4v) is 2.69. The molecule has 1 saturated heterocycles. The molecular formula is C15H15F6NO4. The minimum atomic E-state index is -4.80. The molecule has 2 atom stereocenters. The fraction of sp³-hybridized carbons (Fsp3) is 0.533. The summed E-state index contributed by atoms with van der Waals surface area (Å²) in [6.07, 6.45) is -11.4. The molecule has 146 valence electrons. The monoisotopic (exact) mass is 387 g/mol. The maximum atomic E-state index is 12.5. The van der Waals surface area contributed by atoms with Gasteiger partial charge in [-0.1, -0.05) is 0 Å². The van der Waals surface area contributed by atoms with Crippen molar-refractivity contribution in [1.29, 1.82) is 0 Å². The number of likely N-dealkylation sites (tertiary alicyclic amines) is 1. The van der Waals surface area contributed by atoms with Crippen molar-refractivity contribution in [3.05, 3.63) is 29.8 Å². The lowest BCUT2D eigenvalue weighted by Gasteiger charge is -2.20. The van der Waals surface area contributed by atoms with Crippen molar-refractivity contribution in [2.45, 2.75) is 37.5 Å². The van der Waals surface area contributed by atoms with E-state index in [9.17, 15) is 31.1 Å². The van der Waals surface area contributed by atoms with E-state index >= 15 is 0 Å². The molecule has 0 bridgehead atoms. The summed E-state index contributed by atoms with van der Waals surface area (Å²) >= 11 is 0. The molecule has 0 radical (unpaired) electrons. The molecule has 0 saturated carbocycles. The Kier molecular flexibility index (Phi) is 5.89. The number of alkyl halides is 6. The molecule has 1 aliphatic heterocycles. The van der Waals surface area contributed by atoms with E-state index < -0.39 is 42.9 Å². The van der Waals surface area contributed by atoms with Crippen LogP contribution in [0.1, 0.15) is 18.4 Å². The normalized spacial score (nSPS) is 21.1. The summed E-state index contributed by atoms with van der Waals surface area (Å²) in [5, 5.41) is 9.13. The molecule has 5 nitrogen and oxygen atoms in total. The zero-order valence-electron chi connectivity index (χ0n) is 13.2. The van der Waals surface area contributed by atoms with Gasteiger partial charge in [0.25, 0.3) is 0 Å². The standard InChI is InChI=1S/C15H15F6NO4/c16-14(17,18)9-1-3-11(4-2-9)26-12-7-10(22(8-12)13(23)24)5-6-25-15(19,20)21/h1-4,10,12H,5-8H2,(H,23,24)/t10-,12+/m1/s1. The van der Waals surface area contributed by atoms with Crippen molar-refractivity contribution in [2.24, 2.45) is 0 Å². The third-order valence-corrected chi connectivity index (χ3v) is 3.82. The Hall–Kier alpha value is -2.17. The first-order valence-electron chi connectivity index (χ1n) is 7.50. The summed E-state index contributed by atoms with van der Waals surface area (Å²) in [5.74, 6) is 0.112. The minimum Gasteiger partial charge on any atom is -0.489 e. The average Bonchev–Trinajstić information content (AvgIpc) is 2.88. The van der Waals surface area contributed by atoms with Crippen LogP contribution in [0.4, 0.5) is 31.1 Å². The number of carboxylic acid groups (broad SMARTS) is 1. The lowest BCUT2D eigenvalue weighted by atomic mass is 10.1. The van der Waals surface area contributed by atoms with E-state index in [1.807, 2.05) is 0 Å². The molecule has 0 spiro atoms. The summed E-state index contributed by atoms with van der Waals surface area (Å²) in [5.41, 5.74) is -0.856. The van der Waals surface area contributed by atoms with Crippen molar-refractivity contribution < 1.29 is 45.7 Å². The van der Waals surface area contributed by atoms with E-state index in [2.05, 4.69) is 4.74 Å². The number of carbonyl (C=O) groups is 1. The summed E-state index contributed by atoms with van der Waals surface area (Å²) in [6.45, 7) is -0.808. The highest BCUT2D eigenvalue weighted by Crippen LogP contribution is 2.31. The number of amides is 1. The van der Waals surface area contributed by atoms with Crippen molar-refractivity contribution in [2.75, 3.05) is 13.2 Å². The van der Waals surface area contributed by atoms with E-state index in [-0.39, 0.29) is 25.1 Å². The average molecular weight is 387 g/mol. The SMILES string of the molecule is O=C(O)N1C[C@@H](Oc2ccc(C(F)(F)F)cc2)C[C@H]1CCOC(F)(F)F. The van der Waals surface area contributed by atoms with Gasteiger partial charge in [0.05, 0.1) is 18.7 Å². The van der Waals surface area contributed by atoms with Gasteiger partial charge in [0, 0.05) is 12.5 Å². The molecule has 1 fully saturated rings. The van der Waals surface area contributed by atoms with Crippen LogP contribution in [0.25, 0.3) is 0 Å². The molecule has 1 N–H and O–H groups in total. The Labute approximate surface area is 144 Å². The number of hydrogen-bond donors (Lipinski definition) is 1. The van der Waals surface area contributed by atoms with Crippen LogP contribution >= 0.6 is 0 Å². The lowest BCUT2D eigenvalue weighted by Crippen LogP contribution is -2.36. The molecule has 1 aliphatic rings. The van der Waals surface area contributed by atoms with Gasteiger partial charge in [-0.15, -0.1) is 13.2 Å². The first-order valence-corrected chi connectivity index (χ1v) is 7.50. The van der Waals surface area contributed by atoms with Crippen molar-refractivity contribution in [3.63, 3.8) is 0 Å². The minimum absolute atomic E-state index is 0.104. The predicted molar refractivity (Wildman–Crippen MR) is 75.6 cm³/mol. The molecule has 1 aromatic rings. The first kappa shape index (κ1) is 20.1. The molecule has 11 heteroatoms. The van der Waals surface area contributed by atoms with Gasteiger partial charge in [-0.05, 0) is 30.7 Å². The molecule has 2 rings (SSSR count). The van der Waals surface area contributed by atoms with Crippen LogP contribution in [0.15, 0.2) is 24.3 Å². The Balaban J connectivity index is 1.95. The first-order chi connectivity index (χ1) is 12.0. The van der Waals surface area contributed by atoms with E-state index in [4.69, 9.17) is 9.84 Å². The van der Waals surface area contributed by atoms with Crippen LogP contribution in [0, 0.1) is 0 Å². The van der Waals surface area contributed by atoms with Crippen LogP contribution in [0.5, 0.6) is 5.75 Å². The number of rotatable bonds is 5. The fourth-order valence-electron chi connectivity index (χ4n) is 2.69. The zero-order valence-corrected chi connectivity index (χ0v) is 13.2. The largest absolute Gasteiger partial charge is 0.522 e. The predicted octanol–water partition coefficient (Wildman–Crippen LogP) is 4.13. The molecule has 1 amide bonds. The number of benzene rings is 1. The van der Waals surface area contributed by atoms with Gasteiger partial charge < -0.3 is 14.7 Å². The molecule has 1 heterocycles. The second-order valence-corrected chi connectivity index (χ2v) is 5.67. The highest BCUT2D eigenvalue weighted by atomic mass is 19.4. The smallest absolute Gasteiger partial charge is 0.489 e. The zero-order chi connectivity index (χ0) is 19.5. The second-order valence-electron chi connectivity index (χ2n) is 5.67. The topological polar surface area (TPSA) is 59.0 Å². The van der Waals surface area contributed by atoms with Crippen LogP contribution in [0.3, 0.4) is 0 Å². The van der Waals surface area contributed by atoms with Crippen molar-refractivity contribution >= 4 is 6.09 Å². The van der Waals surface area contributed by atoms with Gasteiger partial charge in [-0.2, -0.15) is 13.2 Å². The lowest BCUT2D eigenvalue weighted by molar-refractivity contribution is -0.325. The summed E-state index contributed by atoms with van der Waals surface area (Å²) in [7, 11) is 0. The van der Waals surface area contributed by atoms with E-state index in [1.165, 1.54) is 0 Å². The quantitative estimate of drug-likeness (QED) is 0.772. The highest BCUT2D eigenvalue weighted by Gasteiger charge is 2.38. The van der Waals surface area contributed by atoms with E-state index in [0.29, 0.717) is 0 Å². The maximum absolute atomic E-state index is 12.5. The Bertz CT molecular complexity index is 616. The summed E-state index contributed by atoms with van der Waals surface area (Å²) in [4.78, 5) is 12.1. The van der Waals surface area contributed by atoms with Gasteiger partial charge in [-0.25, -0.2) is 4.79 Å². The number of hydrogen-bond acceptors (Lipinski definition) is 3. The molecule has 1 aromatic carbocycles. The maximum Gasteiger partial charge on any atom is 0.522 e. The molecule has 0 unspecified atom stereocenters. The number of halogens is 6. The van der Waals surface area contributed by atoms with Gasteiger partial charge in [0.1, 0.15) is 11.9 Å². The van der Waals surface area contributed by atoms with Crippen LogP contribution < -0.4 is 4.74 Å². The number of ether oxygens (including phenoxy) is 2. The van der Waals surface area contributed by atoms with Gasteiger partial charge in [0.2, 0.25) is 0 Å². The van der Waals surface area contributed by atoms with Gasteiger partial charge >= 0.3 is 18.6 Å². The van der Waals surface area contributed by atoms with Gasteiger partial charge in [0.15, 0.2) is 0 Å². The Morgan fingerprint density at radius 1 is 1.15 bits per heavy atom. The van der Waals surface area contributed by atoms with Crippen molar-refractivity contribution in [1.82, 2.24) is 4.90 Å². The van der Waals surface area contributed by atoms with Crippen LogP contribution in [-0.2, 0) is 10.9 Å². The molecule has 0 aliphatic carbocycles. The molecule has 26 heavy (non-hydrogen) atoms. The van der Waals surface area contributed by atoms with Crippen LogP contribution in [-0.4, -0.2) is 47.8 Å². The Morgan fingerprint density at radius 2 is 1.77 bits per heavy atom. The molecule has 0 aromatic heterocycles. The van der Waals surface area contributed by atoms with Crippen molar-refractivity contribution in [3.8, 4) is 5.75 Å². The molecular weight excluding hydrogens is 372 g/mol. The second kappa shape index (κ2) is 7.60. The van der Waals surface area contributed by atoms with Gasteiger partial charge in [-0.3, -0.25) is 4.74 Å².